The quantitative estimate of drug-likeness (QED) is 0.0946. The molecule has 0 aliphatic rings. The maximum Gasteiger partial charge on any atom is 0.136 e. The monoisotopic (exact) mass is 528 g/mol. The fourth-order valence-corrected chi connectivity index (χ4v) is 5.75. The van der Waals surface area contributed by atoms with Crippen molar-refractivity contribution < 1.29 is 15.3 Å². The van der Waals surface area contributed by atoms with E-state index in [2.05, 4.69) is 13.8 Å². The highest BCUT2D eigenvalue weighted by molar-refractivity contribution is 5.53. The van der Waals surface area contributed by atoms with E-state index in [1.54, 1.807) is 6.08 Å². The van der Waals surface area contributed by atoms with Crippen LogP contribution in [0, 0.1) is 0 Å². The third kappa shape index (κ3) is 7.48. The van der Waals surface area contributed by atoms with Crippen LogP contribution < -0.4 is 0 Å². The molecule has 3 heteroatoms. The number of allylic oxidation sites excluding steroid dienone is 1. The van der Waals surface area contributed by atoms with Gasteiger partial charge in [0.25, 0.3) is 0 Å². The van der Waals surface area contributed by atoms with Gasteiger partial charge < -0.3 is 15.3 Å². The molecule has 0 saturated heterocycles. The Morgan fingerprint density at radius 3 is 1.51 bits per heavy atom. The predicted octanol–water partition coefficient (Wildman–Crippen LogP) is 7.97. The number of unbranched alkanes of at least 4 members (excludes halogenated alkanes) is 7. The molecule has 3 N–H and O–H groups in total. The van der Waals surface area contributed by atoms with Crippen molar-refractivity contribution in [2.24, 2.45) is 0 Å². The number of aliphatic hydroxyl groups excluding tert-OH is 2. The zero-order chi connectivity index (χ0) is 28.0. The lowest BCUT2D eigenvalue weighted by atomic mass is 9.60. The first-order chi connectivity index (χ1) is 19.0. The summed E-state index contributed by atoms with van der Waals surface area (Å²) in [7, 11) is 0. The molecule has 0 spiro atoms. The molecule has 0 aromatic heterocycles. The summed E-state index contributed by atoms with van der Waals surface area (Å²) in [5.41, 5.74) is -0.389. The molecule has 3 aromatic carbocycles. The number of rotatable bonds is 17. The number of hydrogen-bond donors (Lipinski definition) is 3. The first kappa shape index (κ1) is 30.8. The average molecular weight is 529 g/mol. The van der Waals surface area contributed by atoms with Crippen molar-refractivity contribution >= 4 is 0 Å². The highest BCUT2D eigenvalue weighted by Crippen LogP contribution is 2.47. The second-order valence-electron chi connectivity index (χ2n) is 10.8. The highest BCUT2D eigenvalue weighted by Gasteiger charge is 2.54. The van der Waals surface area contributed by atoms with Crippen LogP contribution >= 0.6 is 0 Å². The molecular formula is C36H48O3. The zero-order valence-corrected chi connectivity index (χ0v) is 23.9. The van der Waals surface area contributed by atoms with Crippen LogP contribution in [0.5, 0.6) is 0 Å². The summed E-state index contributed by atoms with van der Waals surface area (Å²) in [6, 6.07) is 29.7. The molecule has 3 atom stereocenters. The van der Waals surface area contributed by atoms with Gasteiger partial charge in [-0.3, -0.25) is 0 Å². The summed E-state index contributed by atoms with van der Waals surface area (Å²) < 4.78 is 0. The van der Waals surface area contributed by atoms with E-state index in [-0.39, 0.29) is 0 Å². The average Bonchev–Trinajstić information content (AvgIpc) is 2.99. The summed E-state index contributed by atoms with van der Waals surface area (Å²) >= 11 is 0. The number of hydrogen-bond acceptors (Lipinski definition) is 3. The minimum absolute atomic E-state index is 0.423. The molecule has 0 aliphatic carbocycles. The van der Waals surface area contributed by atoms with Crippen molar-refractivity contribution in [2.45, 2.75) is 101 Å². The Kier molecular flexibility index (Phi) is 12.5. The van der Waals surface area contributed by atoms with Crippen LogP contribution in [0.4, 0.5) is 0 Å². The molecule has 0 saturated carbocycles. The van der Waals surface area contributed by atoms with Crippen LogP contribution in [0.2, 0.25) is 0 Å². The molecule has 2 unspecified atom stereocenters. The Balaban J connectivity index is 2.14. The standard InChI is InChI=1S/C36H48O3/c1-3-5-7-9-10-20-28-33(37)35(39,29-21-8-6-4-2)34(38)36(30-22-14-11-15-23-30,31-24-16-12-17-25-31)32-26-18-13-19-27-32/h11-19,21-27,29,33-34,37-39H,3-10,20,28H2,1-2H3/t33-,34?,35?/m0/s1. The molecule has 0 radical (unpaired) electrons. The maximum absolute atomic E-state index is 12.6. The van der Waals surface area contributed by atoms with E-state index in [0.717, 1.165) is 55.2 Å². The Bertz CT molecular complexity index is 983. The first-order valence-electron chi connectivity index (χ1n) is 14.9. The topological polar surface area (TPSA) is 60.7 Å². The van der Waals surface area contributed by atoms with Gasteiger partial charge in [-0.2, -0.15) is 0 Å². The van der Waals surface area contributed by atoms with Gasteiger partial charge in [0.2, 0.25) is 0 Å². The minimum Gasteiger partial charge on any atom is -0.390 e. The molecule has 0 heterocycles. The second-order valence-corrected chi connectivity index (χ2v) is 10.8. The van der Waals surface area contributed by atoms with Crippen LogP contribution in [-0.4, -0.2) is 33.1 Å². The van der Waals surface area contributed by atoms with Crippen molar-refractivity contribution in [2.75, 3.05) is 0 Å². The summed E-state index contributed by atoms with van der Waals surface area (Å²) in [5.74, 6) is 0. The Hall–Kier alpha value is -2.72. The SMILES string of the molecule is CCCCC=CC(O)(C(O)C(c1ccccc1)(c1ccccc1)c1ccccc1)[C@@H](O)CCCCCCCC. The van der Waals surface area contributed by atoms with Crippen LogP contribution in [-0.2, 0) is 5.41 Å². The zero-order valence-electron chi connectivity index (χ0n) is 23.9. The molecule has 3 aromatic rings. The third-order valence-electron chi connectivity index (χ3n) is 8.01. The fourth-order valence-electron chi connectivity index (χ4n) is 5.75. The van der Waals surface area contributed by atoms with Crippen molar-refractivity contribution in [3.63, 3.8) is 0 Å². The van der Waals surface area contributed by atoms with E-state index in [4.69, 9.17) is 0 Å². The lowest BCUT2D eigenvalue weighted by Crippen LogP contribution is -2.60. The van der Waals surface area contributed by atoms with E-state index >= 15 is 0 Å². The van der Waals surface area contributed by atoms with Gasteiger partial charge in [-0.05, 0) is 29.5 Å². The normalized spacial score (nSPS) is 15.2. The van der Waals surface area contributed by atoms with Gasteiger partial charge in [-0.1, -0.05) is 168 Å². The van der Waals surface area contributed by atoms with E-state index in [0.29, 0.717) is 6.42 Å². The van der Waals surface area contributed by atoms with Gasteiger partial charge in [0, 0.05) is 0 Å². The third-order valence-corrected chi connectivity index (χ3v) is 8.01. The molecule has 0 aliphatic heterocycles. The van der Waals surface area contributed by atoms with E-state index in [1.807, 2.05) is 97.1 Å². The molecular weight excluding hydrogens is 480 g/mol. The van der Waals surface area contributed by atoms with Crippen molar-refractivity contribution in [3.8, 4) is 0 Å². The van der Waals surface area contributed by atoms with Crippen LogP contribution in [0.25, 0.3) is 0 Å². The van der Waals surface area contributed by atoms with Crippen molar-refractivity contribution in [1.29, 1.82) is 0 Å². The van der Waals surface area contributed by atoms with Gasteiger partial charge in [0.15, 0.2) is 0 Å². The Labute approximate surface area is 236 Å². The molecule has 210 valence electrons. The lowest BCUT2D eigenvalue weighted by molar-refractivity contribution is -0.132. The maximum atomic E-state index is 12.6. The van der Waals surface area contributed by atoms with Gasteiger partial charge in [-0.25, -0.2) is 0 Å². The molecule has 3 nitrogen and oxygen atoms in total. The van der Waals surface area contributed by atoms with E-state index in [9.17, 15) is 15.3 Å². The van der Waals surface area contributed by atoms with Gasteiger partial charge in [-0.15, -0.1) is 0 Å². The van der Waals surface area contributed by atoms with Gasteiger partial charge in [0.05, 0.1) is 11.5 Å². The Morgan fingerprint density at radius 2 is 1.05 bits per heavy atom. The van der Waals surface area contributed by atoms with Gasteiger partial charge >= 0.3 is 0 Å². The summed E-state index contributed by atoms with van der Waals surface area (Å²) in [4.78, 5) is 0. The van der Waals surface area contributed by atoms with E-state index < -0.39 is 23.2 Å². The molecule has 39 heavy (non-hydrogen) atoms. The minimum atomic E-state index is -1.86. The molecule has 0 amide bonds. The lowest BCUT2D eigenvalue weighted by Gasteiger charge is -2.47. The van der Waals surface area contributed by atoms with E-state index in [1.165, 1.54) is 19.3 Å². The summed E-state index contributed by atoms with van der Waals surface area (Å²) in [6.45, 7) is 4.34. The van der Waals surface area contributed by atoms with Crippen LogP contribution in [0.3, 0.4) is 0 Å². The van der Waals surface area contributed by atoms with Crippen LogP contribution in [0.1, 0.15) is 94.7 Å². The fraction of sp³-hybridized carbons (Fsp3) is 0.444. The molecule has 0 bridgehead atoms. The number of aliphatic hydroxyl groups is 3. The van der Waals surface area contributed by atoms with Crippen LogP contribution in [0.15, 0.2) is 103 Å². The predicted molar refractivity (Wildman–Crippen MR) is 163 cm³/mol. The molecule has 3 rings (SSSR count). The molecule has 0 fully saturated rings. The highest BCUT2D eigenvalue weighted by atomic mass is 16.4. The number of benzene rings is 3. The van der Waals surface area contributed by atoms with Crippen molar-refractivity contribution in [3.05, 3.63) is 120 Å². The first-order valence-corrected chi connectivity index (χ1v) is 14.9. The summed E-state index contributed by atoms with van der Waals surface area (Å²) in [5, 5.41) is 36.6. The summed E-state index contributed by atoms with van der Waals surface area (Å²) in [6.07, 6.45) is 10.9. The Morgan fingerprint density at radius 1 is 0.615 bits per heavy atom. The largest absolute Gasteiger partial charge is 0.390 e. The smallest absolute Gasteiger partial charge is 0.136 e. The van der Waals surface area contributed by atoms with Gasteiger partial charge in [0.1, 0.15) is 11.7 Å². The second kappa shape index (κ2) is 15.8. The van der Waals surface area contributed by atoms with Crippen molar-refractivity contribution in [1.82, 2.24) is 0 Å².